The molecule has 3 heterocycles. The number of aromatic hydroxyl groups is 4. The van der Waals surface area contributed by atoms with Crippen molar-refractivity contribution in [2.75, 3.05) is 19.0 Å². The minimum Gasteiger partial charge on any atom is -0.508 e. The van der Waals surface area contributed by atoms with Crippen molar-refractivity contribution in [3.05, 3.63) is 110 Å². The monoisotopic (exact) mass is 932 g/mol. The number of aliphatic hydroxyl groups is 4. The van der Waals surface area contributed by atoms with E-state index in [9.17, 15) is 40.9 Å². The Bertz CT molecular complexity index is 2930. The molecule has 0 spiro atoms. The second kappa shape index (κ2) is 18.0. The lowest BCUT2D eigenvalue weighted by atomic mass is 9.65. The summed E-state index contributed by atoms with van der Waals surface area (Å²) in [5, 5.41) is 92.9. The number of phenolic OH excluding ortho intramolecular Hbond substituents is 3. The topological polar surface area (TPSA) is 201 Å². The first-order valence-corrected chi connectivity index (χ1v) is 25.6. The Morgan fingerprint density at radius 3 is 2.45 bits per heavy atom. The normalized spacial score (nSPS) is 23.4. The molecular formula is C53H56O11S2. The highest BCUT2D eigenvalue weighted by Gasteiger charge is 2.46. The van der Waals surface area contributed by atoms with E-state index in [2.05, 4.69) is 12.1 Å². The van der Waals surface area contributed by atoms with Crippen molar-refractivity contribution in [1.82, 2.24) is 0 Å². The molecule has 2 aliphatic heterocycles. The average Bonchev–Trinajstić information content (AvgIpc) is 3.29. The second-order valence-corrected chi connectivity index (χ2v) is 21.8. The van der Waals surface area contributed by atoms with Crippen molar-refractivity contribution in [2.24, 2.45) is 11.8 Å². The predicted octanol–water partition coefficient (Wildman–Crippen LogP) is 9.49. The van der Waals surface area contributed by atoms with E-state index in [1.165, 1.54) is 6.07 Å². The largest absolute Gasteiger partial charge is 0.508 e. The van der Waals surface area contributed by atoms with Gasteiger partial charge in [-0.05, 0) is 155 Å². The molecule has 11 nitrogen and oxygen atoms in total. The predicted molar refractivity (Wildman–Crippen MR) is 259 cm³/mol. The molecule has 0 radical (unpaired) electrons. The van der Waals surface area contributed by atoms with Gasteiger partial charge in [-0.2, -0.15) is 0 Å². The SMILES string of the molecule is CC(C)Cc1cc(-c2oc3cc(O)c4c(c3c(=O)c2O)OC2CC3c5c-4cc4c6c(ccc(c56)C(SSCCCC2O)C3O)CC(CCCO)C4CCO)cc(Cc2cccc(O)c2)c1O. The van der Waals surface area contributed by atoms with E-state index < -0.39 is 35.4 Å². The van der Waals surface area contributed by atoms with Crippen molar-refractivity contribution in [1.29, 1.82) is 0 Å². The van der Waals surface area contributed by atoms with Gasteiger partial charge in [-0.15, -0.1) is 0 Å². The van der Waals surface area contributed by atoms with Crippen molar-refractivity contribution in [3.8, 4) is 51.2 Å². The fourth-order valence-corrected chi connectivity index (χ4v) is 14.4. The highest BCUT2D eigenvalue weighted by molar-refractivity contribution is 8.76. The number of fused-ring (bicyclic) bond motifs is 7. The Morgan fingerprint density at radius 1 is 0.864 bits per heavy atom. The number of phenols is 3. The molecule has 1 fully saturated rings. The highest BCUT2D eigenvalue weighted by atomic mass is 33.1. The molecule has 8 N–H and O–H groups in total. The number of rotatable bonds is 10. The van der Waals surface area contributed by atoms with Gasteiger partial charge in [-0.1, -0.05) is 59.7 Å². The number of hydrogen-bond acceptors (Lipinski definition) is 13. The zero-order valence-corrected chi connectivity index (χ0v) is 38.6. The van der Waals surface area contributed by atoms with E-state index >= 15 is 4.79 Å². The zero-order valence-electron chi connectivity index (χ0n) is 37.0. The lowest BCUT2D eigenvalue weighted by Gasteiger charge is -2.43. The molecule has 7 atom stereocenters. The molecule has 5 aromatic carbocycles. The Kier molecular flexibility index (Phi) is 12.2. The first kappa shape index (κ1) is 44.9. The smallest absolute Gasteiger partial charge is 0.238 e. The van der Waals surface area contributed by atoms with Gasteiger partial charge in [0.15, 0.2) is 5.76 Å². The summed E-state index contributed by atoms with van der Waals surface area (Å²) in [6.07, 6.45) is 1.73. The maximum Gasteiger partial charge on any atom is 0.238 e. The summed E-state index contributed by atoms with van der Waals surface area (Å²) in [5.41, 5.74) is 5.92. The first-order chi connectivity index (χ1) is 31.9. The maximum atomic E-state index is 15.0. The molecule has 0 amide bonds. The molecule has 10 rings (SSSR count). The summed E-state index contributed by atoms with van der Waals surface area (Å²) >= 11 is 0. The molecule has 1 saturated heterocycles. The van der Waals surface area contributed by atoms with E-state index in [-0.39, 0.29) is 94.4 Å². The van der Waals surface area contributed by atoms with E-state index in [1.807, 2.05) is 26.0 Å². The number of hydrogen-bond donors (Lipinski definition) is 8. The van der Waals surface area contributed by atoms with Gasteiger partial charge in [0, 0.05) is 42.9 Å². The number of aliphatic hydroxyl groups excluding tert-OH is 4. The molecule has 13 heteroatoms. The molecule has 4 aliphatic rings. The van der Waals surface area contributed by atoms with Crippen LogP contribution in [0.3, 0.4) is 0 Å². The van der Waals surface area contributed by atoms with Crippen LogP contribution in [0.25, 0.3) is 44.2 Å². The van der Waals surface area contributed by atoms with Crippen LogP contribution in [-0.4, -0.2) is 78.1 Å². The van der Waals surface area contributed by atoms with Crippen molar-refractivity contribution >= 4 is 43.3 Å². The van der Waals surface area contributed by atoms with Crippen LogP contribution in [0.1, 0.15) is 108 Å². The van der Waals surface area contributed by atoms with Crippen molar-refractivity contribution in [3.63, 3.8) is 0 Å². The summed E-state index contributed by atoms with van der Waals surface area (Å²) in [5.74, 6) is -0.693. The summed E-state index contributed by atoms with van der Waals surface area (Å²) in [6, 6.07) is 17.7. The molecule has 0 saturated carbocycles. The highest BCUT2D eigenvalue weighted by Crippen LogP contribution is 2.61. The van der Waals surface area contributed by atoms with Crippen LogP contribution >= 0.6 is 21.6 Å². The first-order valence-electron chi connectivity index (χ1n) is 23.2. The van der Waals surface area contributed by atoms with Gasteiger partial charge in [-0.25, -0.2) is 0 Å². The van der Waals surface area contributed by atoms with Gasteiger partial charge in [0.05, 0.1) is 23.0 Å². The third-order valence-electron chi connectivity index (χ3n) is 14.4. The molecule has 6 aromatic rings. The number of benzene rings is 5. The molecule has 7 unspecified atom stereocenters. The minimum absolute atomic E-state index is 0.0408. The quantitative estimate of drug-likeness (QED) is 0.0605. The second-order valence-electron chi connectivity index (χ2n) is 19.1. The van der Waals surface area contributed by atoms with Crippen LogP contribution in [-0.2, 0) is 19.3 Å². The molecule has 66 heavy (non-hydrogen) atoms. The minimum atomic E-state index is -1.00. The van der Waals surface area contributed by atoms with Crippen LogP contribution in [0.4, 0.5) is 0 Å². The van der Waals surface area contributed by atoms with Crippen LogP contribution in [0, 0.1) is 11.8 Å². The third-order valence-corrected chi connectivity index (χ3v) is 17.3. The van der Waals surface area contributed by atoms with Gasteiger partial charge in [0.1, 0.15) is 40.1 Å². The fraction of sp³-hybridized carbons (Fsp3) is 0.415. The van der Waals surface area contributed by atoms with Crippen LogP contribution < -0.4 is 10.2 Å². The van der Waals surface area contributed by atoms with Gasteiger partial charge >= 0.3 is 0 Å². The van der Waals surface area contributed by atoms with Gasteiger partial charge in [0.25, 0.3) is 0 Å². The Labute approximate surface area is 390 Å². The van der Waals surface area contributed by atoms with Crippen molar-refractivity contribution < 1.29 is 50.0 Å². The average molecular weight is 933 g/mol. The van der Waals surface area contributed by atoms with E-state index in [0.717, 1.165) is 57.2 Å². The summed E-state index contributed by atoms with van der Waals surface area (Å²) < 4.78 is 13.4. The van der Waals surface area contributed by atoms with Gasteiger partial charge in [0.2, 0.25) is 11.2 Å². The summed E-state index contributed by atoms with van der Waals surface area (Å²) in [6.45, 7) is 4.03. The van der Waals surface area contributed by atoms with E-state index in [4.69, 9.17) is 9.15 Å². The third kappa shape index (κ3) is 7.69. The van der Waals surface area contributed by atoms with E-state index in [1.54, 1.807) is 51.9 Å². The summed E-state index contributed by atoms with van der Waals surface area (Å²) in [4.78, 5) is 15.0. The molecule has 1 aromatic heterocycles. The Balaban J connectivity index is 1.25. The van der Waals surface area contributed by atoms with Gasteiger partial charge in [-0.3, -0.25) is 4.79 Å². The Hall–Kier alpha value is -4.89. The summed E-state index contributed by atoms with van der Waals surface area (Å²) in [7, 11) is 3.32. The van der Waals surface area contributed by atoms with Gasteiger partial charge < -0.3 is 50.0 Å². The lowest BCUT2D eigenvalue weighted by Crippen LogP contribution is -2.39. The fourth-order valence-electron chi connectivity index (χ4n) is 11.5. The maximum absolute atomic E-state index is 15.0. The molecular weight excluding hydrogens is 877 g/mol. The molecule has 2 aliphatic carbocycles. The van der Waals surface area contributed by atoms with Crippen molar-refractivity contribution in [2.45, 2.75) is 107 Å². The zero-order chi connectivity index (χ0) is 46.1. The molecule has 346 valence electrons. The standard InChI is InChI=1S/C53H56O11S2/c1-25(2)16-29-20-31(21-30(47(29)59)17-26-6-3-8-32(56)18-26)51-50(62)49(61)46-41(64-51)24-39(58)44-36-22-35-33(12-14-55)27(7-4-13-54)19-28-10-11-34-45(42(28)35)43(36)37-23-40(63-52(44)46)38(57)9-5-15-65-66-53(34)48(37)60/h3,6,8,10-11,18,20-22,24-25,27,33,37-38,40,48,53-60,62H,4-5,7,9,12-17,19,23H2,1-2H3. The Morgan fingerprint density at radius 2 is 1.68 bits per heavy atom. The molecule has 3 bridgehead atoms. The van der Waals surface area contributed by atoms with E-state index in [0.29, 0.717) is 54.4 Å². The number of ether oxygens (including phenoxy) is 1. The lowest BCUT2D eigenvalue weighted by molar-refractivity contribution is 0.00975. The van der Waals surface area contributed by atoms with Crippen LogP contribution in [0.2, 0.25) is 0 Å². The van der Waals surface area contributed by atoms with Crippen LogP contribution in [0.15, 0.2) is 69.9 Å². The van der Waals surface area contributed by atoms with Crippen LogP contribution in [0.5, 0.6) is 28.7 Å².